The number of hydrogen-bond acceptors (Lipinski definition) is 5. The van der Waals surface area contributed by atoms with Gasteiger partial charge in [0.15, 0.2) is 23.0 Å². The number of methoxy groups -OCH3 is 1. The van der Waals surface area contributed by atoms with Crippen molar-refractivity contribution < 1.29 is 27.5 Å². The molecule has 142 valence electrons. The number of carbonyl (C=O) groups excluding carboxylic acids is 1. The maximum Gasteiger partial charge on any atom is 0.387 e. The minimum Gasteiger partial charge on any atom is -0.493 e. The average Bonchev–Trinajstić information content (AvgIpc) is 3.33. The van der Waals surface area contributed by atoms with E-state index in [1.807, 2.05) is 0 Å². The lowest BCUT2D eigenvalue weighted by molar-refractivity contribution is -0.0512. The molecule has 2 heterocycles. The topological polar surface area (TPSA) is 80.6 Å². The number of H-pyrrole nitrogens is 1. The summed E-state index contributed by atoms with van der Waals surface area (Å²) in [5, 5.41) is 6.76. The van der Waals surface area contributed by atoms with E-state index >= 15 is 0 Å². The van der Waals surface area contributed by atoms with Crippen molar-refractivity contribution in [1.29, 1.82) is 0 Å². The van der Waals surface area contributed by atoms with Gasteiger partial charge in [-0.15, -0.1) is 0 Å². The van der Waals surface area contributed by atoms with Crippen molar-refractivity contribution in [1.82, 2.24) is 15.1 Å². The van der Waals surface area contributed by atoms with Gasteiger partial charge in [0.05, 0.1) is 13.4 Å². The molecule has 7 nitrogen and oxygen atoms in total. The van der Waals surface area contributed by atoms with E-state index < -0.39 is 6.61 Å². The van der Waals surface area contributed by atoms with E-state index in [1.165, 1.54) is 24.3 Å². The van der Waals surface area contributed by atoms with E-state index in [4.69, 9.17) is 9.15 Å². The summed E-state index contributed by atoms with van der Waals surface area (Å²) in [7, 11) is 2.96. The van der Waals surface area contributed by atoms with Gasteiger partial charge in [-0.2, -0.15) is 13.9 Å². The van der Waals surface area contributed by atoms with Crippen LogP contribution in [-0.4, -0.2) is 41.8 Å². The fraction of sp³-hybridized carbons (Fsp3) is 0.222. The van der Waals surface area contributed by atoms with Crippen LogP contribution in [0.5, 0.6) is 11.5 Å². The predicted molar refractivity (Wildman–Crippen MR) is 91.7 cm³/mol. The van der Waals surface area contributed by atoms with E-state index in [-0.39, 0.29) is 29.6 Å². The Morgan fingerprint density at radius 3 is 2.78 bits per heavy atom. The van der Waals surface area contributed by atoms with Crippen LogP contribution < -0.4 is 9.47 Å². The van der Waals surface area contributed by atoms with Crippen LogP contribution in [-0.2, 0) is 6.54 Å². The summed E-state index contributed by atoms with van der Waals surface area (Å²) in [6.45, 7) is -2.72. The number of aromatic nitrogens is 2. The standard InChI is InChI=1S/C18H17F2N3O4/c1-23(10-11-5-6-15(27-18(19)20)16(8-11)25-2)17(24)13-9-12(21-22-13)14-4-3-7-26-14/h3-9,18H,10H2,1-2H3,(H,21,22). The van der Waals surface area contributed by atoms with Crippen LogP contribution in [0.3, 0.4) is 0 Å². The van der Waals surface area contributed by atoms with Crippen LogP contribution in [0, 0.1) is 0 Å². The Balaban J connectivity index is 1.71. The van der Waals surface area contributed by atoms with Gasteiger partial charge in [-0.25, -0.2) is 0 Å². The van der Waals surface area contributed by atoms with Crippen molar-refractivity contribution in [3.8, 4) is 23.0 Å². The zero-order chi connectivity index (χ0) is 19.4. The number of aromatic amines is 1. The van der Waals surface area contributed by atoms with E-state index in [0.717, 1.165) is 0 Å². The first kappa shape index (κ1) is 18.4. The van der Waals surface area contributed by atoms with Crippen LogP contribution in [0.25, 0.3) is 11.5 Å². The lowest BCUT2D eigenvalue weighted by Gasteiger charge is -2.17. The minimum absolute atomic E-state index is 0.0689. The molecule has 0 aliphatic heterocycles. The molecule has 1 aromatic carbocycles. The van der Waals surface area contributed by atoms with Gasteiger partial charge in [0, 0.05) is 19.7 Å². The fourth-order valence-corrected chi connectivity index (χ4v) is 2.53. The van der Waals surface area contributed by atoms with Crippen molar-refractivity contribution in [2.24, 2.45) is 0 Å². The van der Waals surface area contributed by atoms with Crippen molar-refractivity contribution in [2.45, 2.75) is 13.2 Å². The van der Waals surface area contributed by atoms with Crippen molar-refractivity contribution in [3.05, 3.63) is 53.9 Å². The second-order valence-corrected chi connectivity index (χ2v) is 5.67. The van der Waals surface area contributed by atoms with Gasteiger partial charge >= 0.3 is 6.61 Å². The number of amides is 1. The normalized spacial score (nSPS) is 10.9. The highest BCUT2D eigenvalue weighted by Crippen LogP contribution is 2.30. The number of halogens is 2. The summed E-state index contributed by atoms with van der Waals surface area (Å²) >= 11 is 0. The van der Waals surface area contributed by atoms with E-state index in [0.29, 0.717) is 17.0 Å². The maximum absolute atomic E-state index is 12.6. The van der Waals surface area contributed by atoms with Crippen molar-refractivity contribution in [3.63, 3.8) is 0 Å². The molecule has 3 rings (SSSR count). The average molecular weight is 377 g/mol. The maximum atomic E-state index is 12.6. The molecular formula is C18H17F2N3O4. The van der Waals surface area contributed by atoms with Gasteiger partial charge in [0.2, 0.25) is 0 Å². The van der Waals surface area contributed by atoms with E-state index in [1.54, 1.807) is 37.4 Å². The number of alkyl halides is 2. The molecule has 0 saturated heterocycles. The summed E-state index contributed by atoms with van der Waals surface area (Å²) in [5.41, 5.74) is 1.51. The number of ether oxygens (including phenoxy) is 2. The molecule has 0 unspecified atom stereocenters. The molecule has 0 aliphatic carbocycles. The molecule has 0 spiro atoms. The second kappa shape index (κ2) is 7.90. The van der Waals surface area contributed by atoms with E-state index in [9.17, 15) is 13.6 Å². The number of rotatable bonds is 7. The van der Waals surface area contributed by atoms with Crippen molar-refractivity contribution >= 4 is 5.91 Å². The Kier molecular flexibility index (Phi) is 5.39. The quantitative estimate of drug-likeness (QED) is 0.681. The lowest BCUT2D eigenvalue weighted by atomic mass is 10.2. The second-order valence-electron chi connectivity index (χ2n) is 5.67. The first-order valence-electron chi connectivity index (χ1n) is 7.94. The third-order valence-corrected chi connectivity index (χ3v) is 3.79. The van der Waals surface area contributed by atoms with Gasteiger partial charge in [-0.1, -0.05) is 6.07 Å². The predicted octanol–water partition coefficient (Wildman–Crippen LogP) is 3.55. The molecule has 9 heteroatoms. The van der Waals surface area contributed by atoms with Crippen LogP contribution in [0.1, 0.15) is 16.1 Å². The largest absolute Gasteiger partial charge is 0.493 e. The Hall–Kier alpha value is -3.36. The van der Waals surface area contributed by atoms with Crippen LogP contribution in [0.4, 0.5) is 8.78 Å². The summed E-state index contributed by atoms with van der Waals surface area (Å²) in [6, 6.07) is 9.59. The summed E-state index contributed by atoms with van der Waals surface area (Å²) in [6.07, 6.45) is 1.53. The summed E-state index contributed by atoms with van der Waals surface area (Å²) in [5.74, 6) is 0.355. The molecule has 3 aromatic rings. The number of nitrogens with zero attached hydrogens (tertiary/aromatic N) is 2. The first-order valence-corrected chi connectivity index (χ1v) is 7.94. The number of nitrogens with one attached hydrogen (secondary N) is 1. The summed E-state index contributed by atoms with van der Waals surface area (Å²) in [4.78, 5) is 14.0. The zero-order valence-electron chi connectivity index (χ0n) is 14.6. The molecule has 1 amide bonds. The molecule has 0 saturated carbocycles. The van der Waals surface area contributed by atoms with E-state index in [2.05, 4.69) is 14.9 Å². The molecule has 0 radical (unpaired) electrons. The zero-order valence-corrected chi connectivity index (χ0v) is 14.6. The fourth-order valence-electron chi connectivity index (χ4n) is 2.53. The Morgan fingerprint density at radius 2 is 2.11 bits per heavy atom. The third kappa shape index (κ3) is 4.25. The van der Waals surface area contributed by atoms with Crippen LogP contribution in [0.2, 0.25) is 0 Å². The molecule has 0 aliphatic rings. The molecule has 0 bridgehead atoms. The molecule has 27 heavy (non-hydrogen) atoms. The summed E-state index contributed by atoms with van der Waals surface area (Å²) < 4.78 is 39.5. The molecule has 0 fully saturated rings. The Bertz CT molecular complexity index is 909. The number of hydrogen-bond donors (Lipinski definition) is 1. The molecule has 0 atom stereocenters. The third-order valence-electron chi connectivity index (χ3n) is 3.79. The van der Waals surface area contributed by atoms with Gasteiger partial charge < -0.3 is 18.8 Å². The molecule has 2 aromatic heterocycles. The SMILES string of the molecule is COc1cc(CN(C)C(=O)c2cc(-c3ccco3)[nH]n2)ccc1OC(F)F. The molecular weight excluding hydrogens is 360 g/mol. The highest BCUT2D eigenvalue weighted by atomic mass is 19.3. The van der Waals surface area contributed by atoms with Crippen LogP contribution >= 0.6 is 0 Å². The first-order chi connectivity index (χ1) is 13.0. The van der Waals surface area contributed by atoms with Crippen LogP contribution in [0.15, 0.2) is 47.1 Å². The van der Waals surface area contributed by atoms with Gasteiger partial charge in [0.1, 0.15) is 5.69 Å². The smallest absolute Gasteiger partial charge is 0.387 e. The lowest BCUT2D eigenvalue weighted by Crippen LogP contribution is -2.26. The van der Waals surface area contributed by atoms with Crippen molar-refractivity contribution in [2.75, 3.05) is 14.2 Å². The Morgan fingerprint density at radius 1 is 1.30 bits per heavy atom. The molecule has 1 N–H and O–H groups in total. The monoisotopic (exact) mass is 377 g/mol. The number of carbonyl (C=O) groups is 1. The number of benzene rings is 1. The minimum atomic E-state index is -2.95. The van der Waals surface area contributed by atoms with Gasteiger partial charge in [-0.05, 0) is 29.8 Å². The Labute approximate surface area is 153 Å². The highest BCUT2D eigenvalue weighted by molar-refractivity contribution is 5.93. The van der Waals surface area contributed by atoms with Gasteiger partial charge in [0.25, 0.3) is 5.91 Å². The van der Waals surface area contributed by atoms with Gasteiger partial charge in [-0.3, -0.25) is 9.89 Å². The highest BCUT2D eigenvalue weighted by Gasteiger charge is 2.18. The number of furan rings is 1.